The number of rotatable bonds is 5. The molecule has 346 valence electrons. The minimum Gasteiger partial charge on any atom is -0.457 e. The van der Waals surface area contributed by atoms with Crippen LogP contribution in [0.4, 0.5) is 0 Å². The Kier molecular flexibility index (Phi) is 13.9. The predicted octanol–water partition coefficient (Wildman–Crippen LogP) is -37.2. The number of benzene rings is 7. The van der Waals surface area contributed by atoms with Crippen LogP contribution in [0.2, 0.25) is 0 Å². The Balaban J connectivity index is 1.38. The first-order valence-electron chi connectivity index (χ1n) is 28.4. The van der Waals surface area contributed by atoms with Crippen molar-refractivity contribution in [1.29, 1.82) is 0 Å². The minimum atomic E-state index is 0.672. The molecule has 0 aliphatic rings. The van der Waals surface area contributed by atoms with Crippen LogP contribution in [0.1, 0.15) is 0 Å². The van der Waals surface area contributed by atoms with Gasteiger partial charge in [-0.1, -0.05) is 92.9 Å². The zero-order valence-corrected chi connectivity index (χ0v) is 52.7. The van der Waals surface area contributed by atoms with Crippen molar-refractivity contribution in [2.24, 2.45) is 0 Å². The van der Waals surface area contributed by atoms with Crippen molar-refractivity contribution < 1.29 is 4.42 Å². The van der Waals surface area contributed by atoms with Gasteiger partial charge in [0, 0.05) is 38.5 Å². The maximum absolute atomic E-state index is 7.53. The fourth-order valence-corrected chi connectivity index (χ4v) is 14.3. The molecule has 0 spiro atoms. The number of hydrogen-bond acceptors (Lipinski definition) is 4. The van der Waals surface area contributed by atoms with E-state index in [0.29, 0.717) is 17.5 Å². The zero-order valence-electron chi connectivity index (χ0n) is 52.7. The molecule has 10 rings (SSSR count). The fourth-order valence-electron chi connectivity index (χ4n) is 14.3. The predicted molar refractivity (Wildman–Crippen MR) is 432 cm³/mol. The number of fused-ring (bicyclic) bond motifs is 6. The van der Waals surface area contributed by atoms with Gasteiger partial charge in [-0.05, 0) is 22.0 Å². The van der Waals surface area contributed by atoms with Crippen LogP contribution in [0.3, 0.4) is 0 Å². The maximum atomic E-state index is 7.53. The Morgan fingerprint density at radius 1 is 0.205 bits per heavy atom. The van der Waals surface area contributed by atoms with Gasteiger partial charge in [0.15, 0.2) is 17.5 Å². The molecule has 0 unspecified atom stereocenters. The Bertz CT molecular complexity index is 4320. The molecule has 78 heavy (non-hydrogen) atoms. The Morgan fingerprint density at radius 3 is 0.885 bits per heavy atom. The lowest BCUT2D eigenvalue weighted by Crippen LogP contribution is -2.56. The van der Waals surface area contributed by atoms with Crippen LogP contribution in [-0.4, -0.2) is 239 Å². The second-order valence-electron chi connectivity index (χ2n) is 24.3. The van der Waals surface area contributed by atoms with Crippen molar-refractivity contribution in [1.82, 2.24) is 19.5 Å². The van der Waals surface area contributed by atoms with Gasteiger partial charge in [0.25, 0.3) is 0 Å². The van der Waals surface area contributed by atoms with Gasteiger partial charge in [0.2, 0.25) is 0 Å². The van der Waals surface area contributed by atoms with Gasteiger partial charge in [-0.3, -0.25) is 0 Å². The minimum absolute atomic E-state index is 0.672. The summed E-state index contributed by atoms with van der Waals surface area (Å²) in [6.07, 6.45) is 0. The summed E-state index contributed by atoms with van der Waals surface area (Å²) in [6, 6.07) is 0. The van der Waals surface area contributed by atoms with Gasteiger partial charge in [-0.25, -0.2) is 15.0 Å². The molecule has 7 aromatic carbocycles. The van der Waals surface area contributed by atoms with E-state index in [1.165, 1.54) is 181 Å². The Morgan fingerprint density at radius 2 is 0.462 bits per heavy atom. The number of nitrogens with zero attached hydrogens (tertiary/aromatic N) is 4. The molecule has 0 atom stereocenters. The summed E-state index contributed by atoms with van der Waals surface area (Å²) in [5.41, 5.74) is 47.4. The highest BCUT2D eigenvalue weighted by Gasteiger charge is 2.32. The molecule has 0 bridgehead atoms. The van der Waals surface area contributed by atoms with Crippen LogP contribution in [0.5, 0.6) is 0 Å². The Hall–Kier alpha value is -5.03. The Labute approximate surface area is 488 Å². The highest BCUT2D eigenvalue weighted by atomic mass is 16.3. The van der Waals surface area contributed by atoms with Crippen LogP contribution in [0, 0.1) is 0 Å². The summed E-state index contributed by atoms with van der Waals surface area (Å²) in [4.78, 5) is 16.7. The van der Waals surface area contributed by atoms with E-state index >= 15 is 0 Å². The third-order valence-electron chi connectivity index (χ3n) is 21.4. The molecule has 0 fully saturated rings. The van der Waals surface area contributed by atoms with Crippen molar-refractivity contribution in [2.45, 2.75) is 0 Å². The normalized spacial score (nSPS) is 11.7. The quantitative estimate of drug-likeness (QED) is 0.161. The molecule has 3 heterocycles. The molecule has 0 N–H and O–H groups in total. The van der Waals surface area contributed by atoms with Crippen molar-refractivity contribution in [3.8, 4) is 51.0 Å². The second kappa shape index (κ2) is 19.3. The van der Waals surface area contributed by atoms with Crippen molar-refractivity contribution in [3.63, 3.8) is 0 Å². The van der Waals surface area contributed by atoms with E-state index in [-0.39, 0.29) is 0 Å². The molecule has 0 saturated carbocycles. The lowest BCUT2D eigenvalue weighted by molar-refractivity contribution is 0.674. The lowest BCUT2D eigenvalue weighted by Gasteiger charge is -2.26. The molecule has 0 saturated heterocycles. The lowest BCUT2D eigenvalue weighted by atomic mass is 9.57. The molecule has 3 aromatic heterocycles. The SMILES string of the molecule is Bc1c(B)c(B)c(-c2nc(-c3c(B)c(B)c(B)c(B)c3B)nc(-c3c(B)c(B)c4c(oc5c(B)c(B)c(B)c(-n6c7c(B)c(B)c(B)c(B)c7c7c(B)c(-c8c(B)c(B)c(B)c(B)c8B)c(B)c(B)c76)c54)c3B)n2)c(B)c1B. The molecule has 5 nitrogen and oxygen atoms in total. The summed E-state index contributed by atoms with van der Waals surface area (Å²) in [6.45, 7) is 0. The third-order valence-corrected chi connectivity index (χ3v) is 21.4. The molecular formula is C45H56B28N4O. The van der Waals surface area contributed by atoms with Gasteiger partial charge in [0.05, 0.1) is 11.1 Å². The molecule has 10 aromatic rings. The average molecular weight is 972 g/mol. The first-order valence-corrected chi connectivity index (χ1v) is 28.4. The van der Waals surface area contributed by atoms with E-state index in [1.807, 2.05) is 0 Å². The monoisotopic (exact) mass is 977 g/mol. The first kappa shape index (κ1) is 56.3. The molecule has 0 amide bonds. The van der Waals surface area contributed by atoms with Crippen molar-refractivity contribution >= 4 is 416 Å². The second-order valence-corrected chi connectivity index (χ2v) is 24.3. The van der Waals surface area contributed by atoms with Crippen molar-refractivity contribution in [3.05, 3.63) is 0 Å². The maximum Gasteiger partial charge on any atom is 0.163 e. The van der Waals surface area contributed by atoms with Gasteiger partial charge in [-0.2, -0.15) is 0 Å². The van der Waals surface area contributed by atoms with E-state index in [9.17, 15) is 0 Å². The van der Waals surface area contributed by atoms with Gasteiger partial charge < -0.3 is 8.98 Å². The summed E-state index contributed by atoms with van der Waals surface area (Å²) in [5, 5.41) is 5.02. The van der Waals surface area contributed by atoms with Crippen LogP contribution in [-0.2, 0) is 0 Å². The molecule has 0 radical (unpaired) electrons. The largest absolute Gasteiger partial charge is 0.457 e. The third kappa shape index (κ3) is 7.52. The molecule has 0 aliphatic heterocycles. The molecule has 0 aliphatic carbocycles. The van der Waals surface area contributed by atoms with Crippen LogP contribution >= 0.6 is 0 Å². The zero-order chi connectivity index (χ0) is 57.4. The number of hydrogen-bond donors (Lipinski definition) is 0. The highest BCUT2D eigenvalue weighted by Crippen LogP contribution is 2.35. The fraction of sp³-hybridized carbons (Fsp3) is 0. The summed E-state index contributed by atoms with van der Waals surface area (Å²) >= 11 is 0. The van der Waals surface area contributed by atoms with E-state index in [4.69, 9.17) is 19.4 Å². The topological polar surface area (TPSA) is 56.7 Å². The number of furan rings is 1. The highest BCUT2D eigenvalue weighted by molar-refractivity contribution is 6.75. The van der Waals surface area contributed by atoms with E-state index in [2.05, 4.69) is 224 Å². The molecular weight excluding hydrogens is 915 g/mol. The van der Waals surface area contributed by atoms with Crippen LogP contribution < -0.4 is 153 Å². The summed E-state index contributed by atoms with van der Waals surface area (Å²) in [7, 11) is 64.1. The number of aromatic nitrogens is 4. The van der Waals surface area contributed by atoms with E-state index < -0.39 is 0 Å². The smallest absolute Gasteiger partial charge is 0.163 e. The van der Waals surface area contributed by atoms with E-state index in [0.717, 1.165) is 49.6 Å². The van der Waals surface area contributed by atoms with Gasteiger partial charge >= 0.3 is 0 Å². The van der Waals surface area contributed by atoms with E-state index in [1.54, 1.807) is 0 Å². The first-order chi connectivity index (χ1) is 36.4. The van der Waals surface area contributed by atoms with Crippen molar-refractivity contribution in [2.75, 3.05) is 0 Å². The summed E-state index contributed by atoms with van der Waals surface area (Å²) < 4.78 is 10.2. The van der Waals surface area contributed by atoms with Crippen LogP contribution in [0.15, 0.2) is 4.42 Å². The average Bonchev–Trinajstić information content (AvgIpc) is 3.68. The van der Waals surface area contributed by atoms with Gasteiger partial charge in [-0.15, -0.1) is 54.6 Å². The summed E-state index contributed by atoms with van der Waals surface area (Å²) in [5.74, 6) is 2.09. The van der Waals surface area contributed by atoms with Crippen LogP contribution in [0.25, 0.3) is 94.7 Å². The standard InChI is InChI=1S/C45H56B28N4O/c46-10-1(2-11(47)22(58)29(65)23(59)12(2)48)13(49)34(70)38-3(10)4-14(50)24(60)32(68)35(71)39(4)77(38)40-6-5-15(51)16(52)9(21(57)41(5)78-42(6)37(73)33(69)36(40)72)45-75-43(7-17(53)25(61)30(66)26(62)18(7)54)74-44(76-45)8-19(55)27(63)31(67)28(64)20(8)56/h46-73H2. The van der Waals surface area contributed by atoms with Gasteiger partial charge in [0.1, 0.15) is 231 Å². The molecule has 33 heteroatoms.